The van der Waals surface area contributed by atoms with Crippen LogP contribution in [-0.4, -0.2) is 26.8 Å². The summed E-state index contributed by atoms with van der Waals surface area (Å²) >= 11 is 0. The van der Waals surface area contributed by atoms with Crippen molar-refractivity contribution in [1.29, 1.82) is 5.26 Å². The molecule has 1 fully saturated rings. The molecule has 0 aromatic carbocycles. The Hall–Kier alpha value is -2.76. The van der Waals surface area contributed by atoms with Crippen molar-refractivity contribution in [3.8, 4) is 6.07 Å². The van der Waals surface area contributed by atoms with Crippen LogP contribution in [0.4, 0.5) is 26.2 Å². The van der Waals surface area contributed by atoms with Crippen molar-refractivity contribution in [2.45, 2.75) is 39.2 Å². The van der Waals surface area contributed by atoms with E-state index in [1.807, 2.05) is 13.8 Å². The molecule has 1 aliphatic carbocycles. The number of nitrogens with one attached hydrogen (secondary N) is 2. The molecule has 1 aliphatic rings. The van der Waals surface area contributed by atoms with Gasteiger partial charge in [-0.1, -0.05) is 0 Å². The second kappa shape index (κ2) is 5.65. The Bertz CT molecular complexity index is 849. The second-order valence-electron chi connectivity index (χ2n) is 6.58. The Labute approximate surface area is 144 Å². The lowest BCUT2D eigenvalue weighted by Crippen LogP contribution is -2.13. The van der Waals surface area contributed by atoms with Crippen LogP contribution in [0.5, 0.6) is 0 Å². The predicted octanol–water partition coefficient (Wildman–Crippen LogP) is 3.35. The maximum atomic E-state index is 13.6. The minimum atomic E-state index is -3.04. The topological polar surface area (TPSA) is 91.5 Å². The van der Waals surface area contributed by atoms with Gasteiger partial charge in [0, 0.05) is 26.4 Å². The van der Waals surface area contributed by atoms with Gasteiger partial charge in [0.2, 0.25) is 5.95 Å². The van der Waals surface area contributed by atoms with E-state index in [0.717, 1.165) is 19.5 Å². The summed E-state index contributed by atoms with van der Waals surface area (Å²) < 4.78 is 28.9. The first kappa shape index (κ1) is 17.1. The van der Waals surface area contributed by atoms with Gasteiger partial charge in [-0.25, -0.2) is 13.8 Å². The molecule has 2 aromatic rings. The number of nitrogens with zero attached hydrogens (tertiary/aromatic N) is 5. The number of halogens is 2. The van der Waals surface area contributed by atoms with E-state index in [0.29, 0.717) is 11.4 Å². The molecule has 0 radical (unpaired) electrons. The summed E-state index contributed by atoms with van der Waals surface area (Å²) in [4.78, 5) is 8.08. The molecule has 0 spiro atoms. The fraction of sp³-hybridized carbons (Fsp3) is 0.500. The van der Waals surface area contributed by atoms with Crippen LogP contribution >= 0.6 is 0 Å². The molecule has 0 bridgehead atoms. The highest BCUT2D eigenvalue weighted by molar-refractivity contribution is 5.58. The van der Waals surface area contributed by atoms with Gasteiger partial charge in [-0.2, -0.15) is 15.3 Å². The quantitative estimate of drug-likeness (QED) is 0.862. The molecule has 0 aliphatic heterocycles. The standard InChI is InChI=1S/C16H19F2N7/c1-9-11(7-25(24-9)12-5-15(12,2)8-19)22-14-21-6-10(16(3,17)18)13(20-4)23-14/h6-7,12H,5H2,1-4H3,(H2,20,21,22,23)/t12?,15-/m1/s1. The van der Waals surface area contributed by atoms with Gasteiger partial charge in [0.25, 0.3) is 5.92 Å². The maximum absolute atomic E-state index is 13.6. The smallest absolute Gasteiger partial charge is 0.275 e. The second-order valence-corrected chi connectivity index (χ2v) is 6.58. The summed E-state index contributed by atoms with van der Waals surface area (Å²) in [6, 6.07) is 2.34. The van der Waals surface area contributed by atoms with Gasteiger partial charge in [0.1, 0.15) is 5.82 Å². The van der Waals surface area contributed by atoms with Crippen LogP contribution in [0.3, 0.4) is 0 Å². The zero-order chi connectivity index (χ0) is 18.4. The molecule has 2 aromatic heterocycles. The fourth-order valence-electron chi connectivity index (χ4n) is 2.69. The highest BCUT2D eigenvalue weighted by Crippen LogP contribution is 2.55. The zero-order valence-electron chi connectivity index (χ0n) is 14.4. The molecule has 3 rings (SSSR count). The average molecular weight is 347 g/mol. The molecule has 9 heteroatoms. The molecule has 2 heterocycles. The Morgan fingerprint density at radius 3 is 2.76 bits per heavy atom. The van der Waals surface area contributed by atoms with Crippen molar-refractivity contribution >= 4 is 17.5 Å². The Morgan fingerprint density at radius 2 is 2.20 bits per heavy atom. The molecule has 0 amide bonds. The maximum Gasteiger partial charge on any atom is 0.275 e. The lowest BCUT2D eigenvalue weighted by Gasteiger charge is -2.15. The van der Waals surface area contributed by atoms with Crippen LogP contribution in [0.25, 0.3) is 0 Å². The van der Waals surface area contributed by atoms with Gasteiger partial charge in [-0.15, -0.1) is 0 Å². The third-order valence-corrected chi connectivity index (χ3v) is 4.43. The molecule has 2 N–H and O–H groups in total. The third-order valence-electron chi connectivity index (χ3n) is 4.43. The van der Waals surface area contributed by atoms with Crippen molar-refractivity contribution in [1.82, 2.24) is 19.7 Å². The Morgan fingerprint density at radius 1 is 1.48 bits per heavy atom. The number of rotatable bonds is 5. The summed E-state index contributed by atoms with van der Waals surface area (Å²) in [5.74, 6) is -2.78. The van der Waals surface area contributed by atoms with Gasteiger partial charge < -0.3 is 10.6 Å². The number of aromatic nitrogens is 4. The van der Waals surface area contributed by atoms with E-state index >= 15 is 0 Å². The average Bonchev–Trinajstić information content (AvgIpc) is 3.12. The van der Waals surface area contributed by atoms with E-state index < -0.39 is 5.92 Å². The van der Waals surface area contributed by atoms with E-state index in [1.54, 1.807) is 10.9 Å². The molecule has 1 unspecified atom stereocenters. The van der Waals surface area contributed by atoms with E-state index in [4.69, 9.17) is 5.26 Å². The van der Waals surface area contributed by atoms with Crippen LogP contribution in [0.2, 0.25) is 0 Å². The van der Waals surface area contributed by atoms with Crippen molar-refractivity contribution < 1.29 is 8.78 Å². The lowest BCUT2D eigenvalue weighted by molar-refractivity contribution is 0.0176. The van der Waals surface area contributed by atoms with Crippen LogP contribution in [0, 0.1) is 23.7 Å². The van der Waals surface area contributed by atoms with Crippen molar-refractivity contribution in [3.05, 3.63) is 23.7 Å². The first-order valence-electron chi connectivity index (χ1n) is 7.85. The number of alkyl halides is 2. The molecular weight excluding hydrogens is 328 g/mol. The van der Waals surface area contributed by atoms with E-state index in [1.165, 1.54) is 7.05 Å². The van der Waals surface area contributed by atoms with Crippen molar-refractivity contribution in [2.75, 3.05) is 17.7 Å². The molecule has 2 atom stereocenters. The summed E-state index contributed by atoms with van der Waals surface area (Å²) in [6.07, 6.45) is 3.65. The van der Waals surface area contributed by atoms with Crippen LogP contribution in [-0.2, 0) is 5.92 Å². The largest absolute Gasteiger partial charge is 0.373 e. The highest BCUT2D eigenvalue weighted by Gasteiger charge is 2.53. The van der Waals surface area contributed by atoms with E-state index in [9.17, 15) is 8.78 Å². The fourth-order valence-corrected chi connectivity index (χ4v) is 2.69. The van der Waals surface area contributed by atoms with Gasteiger partial charge in [-0.05, 0) is 20.3 Å². The summed E-state index contributed by atoms with van der Waals surface area (Å²) in [5.41, 5.74) is 0.729. The predicted molar refractivity (Wildman–Crippen MR) is 88.8 cm³/mol. The molecular formula is C16H19F2N7. The van der Waals surface area contributed by atoms with Crippen LogP contribution in [0.1, 0.15) is 37.6 Å². The Kier molecular flexibility index (Phi) is 3.86. The zero-order valence-corrected chi connectivity index (χ0v) is 14.4. The first-order chi connectivity index (χ1) is 11.7. The third kappa shape index (κ3) is 3.12. The SMILES string of the molecule is CNc1nc(Nc2cn(C3C[C@]3(C)C#N)nc2C)ncc1C(C)(F)F. The van der Waals surface area contributed by atoms with E-state index in [2.05, 4.69) is 31.8 Å². The van der Waals surface area contributed by atoms with Crippen molar-refractivity contribution in [2.24, 2.45) is 5.41 Å². The molecule has 132 valence electrons. The number of hydrogen-bond donors (Lipinski definition) is 2. The molecule has 7 nitrogen and oxygen atoms in total. The first-order valence-corrected chi connectivity index (χ1v) is 7.85. The summed E-state index contributed by atoms with van der Waals surface area (Å²) in [6.45, 7) is 4.52. The number of nitriles is 1. The van der Waals surface area contributed by atoms with Gasteiger partial charge in [-0.3, -0.25) is 4.68 Å². The molecule has 25 heavy (non-hydrogen) atoms. The number of hydrogen-bond acceptors (Lipinski definition) is 6. The van der Waals surface area contributed by atoms with Gasteiger partial charge in [0.05, 0.1) is 34.5 Å². The lowest BCUT2D eigenvalue weighted by atomic mass is 10.2. The number of anilines is 3. The highest BCUT2D eigenvalue weighted by atomic mass is 19.3. The summed E-state index contributed by atoms with van der Waals surface area (Å²) in [7, 11) is 1.53. The normalized spacial score (nSPS) is 22.4. The van der Waals surface area contributed by atoms with Gasteiger partial charge >= 0.3 is 0 Å². The minimum absolute atomic E-state index is 0.0432. The number of aryl methyl sites for hydroxylation is 1. The monoisotopic (exact) mass is 347 g/mol. The molecule has 0 saturated heterocycles. The minimum Gasteiger partial charge on any atom is -0.373 e. The van der Waals surface area contributed by atoms with Crippen LogP contribution in [0.15, 0.2) is 12.4 Å². The van der Waals surface area contributed by atoms with Crippen LogP contribution < -0.4 is 10.6 Å². The van der Waals surface area contributed by atoms with Gasteiger partial charge in [0.15, 0.2) is 0 Å². The molecule has 1 saturated carbocycles. The summed E-state index contributed by atoms with van der Waals surface area (Å²) in [5, 5.41) is 19.3. The van der Waals surface area contributed by atoms with E-state index in [-0.39, 0.29) is 28.8 Å². The van der Waals surface area contributed by atoms with Crippen molar-refractivity contribution in [3.63, 3.8) is 0 Å². The Balaban J connectivity index is 1.84.